The molecule has 0 radical (unpaired) electrons. The second kappa shape index (κ2) is 7.11. The highest BCUT2D eigenvalue weighted by molar-refractivity contribution is 5.95. The number of aromatic amines is 1. The third-order valence-corrected chi connectivity index (χ3v) is 5.38. The Morgan fingerprint density at radius 2 is 2.22 bits per heavy atom. The first-order valence-electron chi connectivity index (χ1n) is 9.24. The van der Waals surface area contributed by atoms with Gasteiger partial charge in [0, 0.05) is 24.6 Å². The maximum Gasteiger partial charge on any atom is 0.349 e. The largest absolute Gasteiger partial charge is 0.427 e. The number of fused-ring (bicyclic) bond motifs is 1. The molecule has 1 saturated heterocycles. The first-order valence-corrected chi connectivity index (χ1v) is 9.24. The molecule has 8 heteroatoms. The predicted octanol–water partition coefficient (Wildman–Crippen LogP) is 0.697. The second-order valence-electron chi connectivity index (χ2n) is 7.17. The minimum atomic E-state index is -0.592. The first-order chi connectivity index (χ1) is 13.0. The van der Waals surface area contributed by atoms with Crippen LogP contribution < -0.4 is 16.5 Å². The molecule has 27 heavy (non-hydrogen) atoms. The average molecular weight is 370 g/mol. The van der Waals surface area contributed by atoms with Crippen molar-refractivity contribution in [3.05, 3.63) is 61.3 Å². The molecule has 0 aromatic carbocycles. The van der Waals surface area contributed by atoms with Crippen LogP contribution in [0, 0.1) is 6.92 Å². The number of aryl methyl sites for hydroxylation is 1. The van der Waals surface area contributed by atoms with E-state index in [1.165, 1.54) is 6.33 Å². The van der Waals surface area contributed by atoms with Gasteiger partial charge in [0.15, 0.2) is 0 Å². The molecule has 2 aromatic rings. The van der Waals surface area contributed by atoms with Crippen LogP contribution in [0.3, 0.4) is 0 Å². The lowest BCUT2D eigenvalue weighted by Gasteiger charge is -2.28. The Bertz CT molecular complexity index is 988. The smallest absolute Gasteiger partial charge is 0.349 e. The third-order valence-electron chi connectivity index (χ3n) is 5.38. The van der Waals surface area contributed by atoms with E-state index in [0.29, 0.717) is 35.5 Å². The van der Waals surface area contributed by atoms with Crippen molar-refractivity contribution in [3.8, 4) is 0 Å². The Kier molecular flexibility index (Phi) is 4.65. The zero-order chi connectivity index (χ0) is 19.0. The summed E-state index contributed by atoms with van der Waals surface area (Å²) in [4.78, 5) is 45.7. The summed E-state index contributed by atoms with van der Waals surface area (Å²) in [6, 6.07) is 1.81. The van der Waals surface area contributed by atoms with Gasteiger partial charge in [0.05, 0.1) is 18.6 Å². The van der Waals surface area contributed by atoms with Crippen molar-refractivity contribution >= 4 is 5.91 Å². The Morgan fingerprint density at radius 3 is 2.96 bits per heavy atom. The summed E-state index contributed by atoms with van der Waals surface area (Å²) in [5, 5.41) is 3.30. The van der Waals surface area contributed by atoms with Crippen LogP contribution in [0.15, 0.2) is 26.4 Å². The number of aromatic nitrogens is 2. The van der Waals surface area contributed by atoms with Crippen LogP contribution in [0.4, 0.5) is 0 Å². The molecule has 2 aliphatic heterocycles. The van der Waals surface area contributed by atoms with Crippen LogP contribution in [0.1, 0.15) is 51.7 Å². The molecule has 8 nitrogen and oxygen atoms in total. The number of nitrogens with one attached hydrogen (secondary N) is 2. The molecular weight excluding hydrogens is 348 g/mol. The molecule has 1 fully saturated rings. The van der Waals surface area contributed by atoms with Gasteiger partial charge in [-0.2, -0.15) is 0 Å². The molecule has 1 atom stereocenters. The van der Waals surface area contributed by atoms with E-state index in [9.17, 15) is 14.4 Å². The lowest BCUT2D eigenvalue weighted by atomic mass is 9.95. The van der Waals surface area contributed by atoms with Crippen molar-refractivity contribution < 1.29 is 9.21 Å². The van der Waals surface area contributed by atoms with Gasteiger partial charge in [-0.15, -0.1) is 0 Å². The number of rotatable bonds is 2. The molecule has 0 bridgehead atoms. The van der Waals surface area contributed by atoms with Crippen LogP contribution in [0.5, 0.6) is 0 Å². The summed E-state index contributed by atoms with van der Waals surface area (Å²) in [5.74, 6) is 0.424. The highest BCUT2D eigenvalue weighted by Gasteiger charge is 2.29. The SMILES string of the molecule is Cc1cc(C2CCCNC2)oc(=O)c1C(=O)N1CCc2c(nc[nH]c2=O)C1. The van der Waals surface area contributed by atoms with Gasteiger partial charge in [0.2, 0.25) is 0 Å². The second-order valence-corrected chi connectivity index (χ2v) is 7.17. The zero-order valence-corrected chi connectivity index (χ0v) is 15.2. The fraction of sp³-hybridized carbons (Fsp3) is 0.474. The number of carbonyl (C=O) groups is 1. The van der Waals surface area contributed by atoms with E-state index in [1.54, 1.807) is 11.8 Å². The molecular formula is C19H22N4O4. The highest BCUT2D eigenvalue weighted by atomic mass is 16.4. The van der Waals surface area contributed by atoms with E-state index in [4.69, 9.17) is 4.42 Å². The fourth-order valence-electron chi connectivity index (χ4n) is 3.88. The van der Waals surface area contributed by atoms with Gasteiger partial charge >= 0.3 is 5.63 Å². The van der Waals surface area contributed by atoms with Gasteiger partial charge in [0.25, 0.3) is 11.5 Å². The van der Waals surface area contributed by atoms with Crippen molar-refractivity contribution in [2.45, 2.75) is 38.6 Å². The average Bonchev–Trinajstić information content (AvgIpc) is 2.68. The molecule has 2 N–H and O–H groups in total. The maximum atomic E-state index is 13.0. The van der Waals surface area contributed by atoms with E-state index in [-0.39, 0.29) is 29.5 Å². The Labute approximate surface area is 155 Å². The van der Waals surface area contributed by atoms with Crippen LogP contribution in [-0.2, 0) is 13.0 Å². The first kappa shape index (κ1) is 17.7. The molecule has 0 aliphatic carbocycles. The minimum Gasteiger partial charge on any atom is -0.427 e. The number of hydrogen-bond acceptors (Lipinski definition) is 6. The quantitative estimate of drug-likeness (QED) is 0.805. The molecule has 2 aromatic heterocycles. The Hall–Kier alpha value is -2.74. The number of nitrogens with zero attached hydrogens (tertiary/aromatic N) is 2. The van der Waals surface area contributed by atoms with Crippen LogP contribution in [-0.4, -0.2) is 40.4 Å². The zero-order valence-electron chi connectivity index (χ0n) is 15.2. The van der Waals surface area contributed by atoms with Gasteiger partial charge < -0.3 is 19.6 Å². The standard InChI is InChI=1S/C19H22N4O4/c1-11-7-15(12-3-2-5-20-8-12)27-19(26)16(11)18(25)23-6-4-13-14(9-23)21-10-22-17(13)24/h7,10,12,20H,2-6,8-9H2,1H3,(H,21,22,24). The van der Waals surface area contributed by atoms with E-state index in [0.717, 1.165) is 25.9 Å². The Balaban J connectivity index is 1.61. The van der Waals surface area contributed by atoms with Gasteiger partial charge in [0.1, 0.15) is 11.3 Å². The normalized spacial score (nSPS) is 19.6. The van der Waals surface area contributed by atoms with Crippen molar-refractivity contribution in [2.75, 3.05) is 19.6 Å². The molecule has 0 spiro atoms. The summed E-state index contributed by atoms with van der Waals surface area (Å²) in [7, 11) is 0. The maximum absolute atomic E-state index is 13.0. The lowest BCUT2D eigenvalue weighted by molar-refractivity contribution is 0.0725. The van der Waals surface area contributed by atoms with E-state index in [2.05, 4.69) is 15.3 Å². The van der Waals surface area contributed by atoms with E-state index < -0.39 is 5.63 Å². The molecule has 4 heterocycles. The number of H-pyrrole nitrogens is 1. The van der Waals surface area contributed by atoms with Crippen LogP contribution >= 0.6 is 0 Å². The highest BCUT2D eigenvalue weighted by Crippen LogP contribution is 2.24. The molecule has 0 saturated carbocycles. The topological polar surface area (TPSA) is 108 Å². The van der Waals surface area contributed by atoms with Crippen molar-refractivity contribution in [2.24, 2.45) is 0 Å². The fourth-order valence-corrected chi connectivity index (χ4v) is 3.88. The van der Waals surface area contributed by atoms with Crippen molar-refractivity contribution in [1.29, 1.82) is 0 Å². The number of hydrogen-bond donors (Lipinski definition) is 2. The molecule has 1 unspecified atom stereocenters. The Morgan fingerprint density at radius 1 is 1.37 bits per heavy atom. The van der Waals surface area contributed by atoms with E-state index >= 15 is 0 Å². The summed E-state index contributed by atoms with van der Waals surface area (Å²) < 4.78 is 5.52. The molecule has 1 amide bonds. The van der Waals surface area contributed by atoms with E-state index in [1.807, 2.05) is 6.07 Å². The molecule has 4 rings (SSSR count). The van der Waals surface area contributed by atoms with Crippen LogP contribution in [0.2, 0.25) is 0 Å². The number of amides is 1. The summed E-state index contributed by atoms with van der Waals surface area (Å²) in [6.45, 7) is 4.10. The summed E-state index contributed by atoms with van der Waals surface area (Å²) in [5.41, 5.74) is 1.10. The van der Waals surface area contributed by atoms with Crippen molar-refractivity contribution in [3.63, 3.8) is 0 Å². The van der Waals surface area contributed by atoms with Crippen LogP contribution in [0.25, 0.3) is 0 Å². The predicted molar refractivity (Wildman–Crippen MR) is 97.9 cm³/mol. The minimum absolute atomic E-state index is 0.0656. The van der Waals surface area contributed by atoms with Gasteiger partial charge in [-0.25, -0.2) is 9.78 Å². The summed E-state index contributed by atoms with van der Waals surface area (Å²) >= 11 is 0. The molecule has 142 valence electrons. The molecule has 2 aliphatic rings. The number of piperidine rings is 1. The van der Waals surface area contributed by atoms with Gasteiger partial charge in [-0.05, 0) is 44.4 Å². The van der Waals surface area contributed by atoms with Crippen molar-refractivity contribution in [1.82, 2.24) is 20.2 Å². The monoisotopic (exact) mass is 370 g/mol. The van der Waals surface area contributed by atoms with Gasteiger partial charge in [-0.1, -0.05) is 0 Å². The third kappa shape index (κ3) is 3.32. The summed E-state index contributed by atoms with van der Waals surface area (Å²) in [6.07, 6.45) is 3.75. The lowest BCUT2D eigenvalue weighted by Crippen LogP contribution is -2.41. The number of carbonyl (C=O) groups excluding carboxylic acids is 1. The van der Waals surface area contributed by atoms with Gasteiger partial charge in [-0.3, -0.25) is 9.59 Å².